The zero-order valence-electron chi connectivity index (χ0n) is 17.9. The van der Waals surface area contributed by atoms with Crippen molar-refractivity contribution in [2.75, 3.05) is 11.9 Å². The number of imide groups is 1. The van der Waals surface area contributed by atoms with Gasteiger partial charge in [-0.05, 0) is 87.9 Å². The number of para-hydroxylation sites is 1. The molecule has 3 amide bonds. The molecule has 176 valence electrons. The number of nitrogens with one attached hydrogen (secondary N) is 1. The van der Waals surface area contributed by atoms with Crippen molar-refractivity contribution in [2.45, 2.75) is 0 Å². The van der Waals surface area contributed by atoms with Gasteiger partial charge < -0.3 is 10.1 Å². The summed E-state index contributed by atoms with van der Waals surface area (Å²) < 4.78 is 5.90. The van der Waals surface area contributed by atoms with Crippen molar-refractivity contribution in [1.82, 2.24) is 4.90 Å². The number of benzene rings is 3. The van der Waals surface area contributed by atoms with Gasteiger partial charge in [0.05, 0.1) is 14.9 Å². The molecular formula is C25H16BrClN2O5S. The van der Waals surface area contributed by atoms with E-state index in [1.54, 1.807) is 66.7 Å². The van der Waals surface area contributed by atoms with E-state index in [1.807, 2.05) is 6.07 Å². The first kappa shape index (κ1) is 24.7. The maximum absolute atomic E-state index is 12.7. The van der Waals surface area contributed by atoms with E-state index >= 15 is 0 Å². The number of nitrogens with zero attached hydrogens (tertiary/aromatic N) is 1. The molecule has 0 spiro atoms. The molecule has 0 radical (unpaired) electrons. The van der Waals surface area contributed by atoms with Crippen LogP contribution < -0.4 is 10.1 Å². The minimum absolute atomic E-state index is 0.181. The Labute approximate surface area is 218 Å². The average molecular weight is 572 g/mol. The van der Waals surface area contributed by atoms with E-state index in [-0.39, 0.29) is 17.2 Å². The monoisotopic (exact) mass is 570 g/mol. The van der Waals surface area contributed by atoms with Crippen molar-refractivity contribution in [2.24, 2.45) is 0 Å². The van der Waals surface area contributed by atoms with Crippen LogP contribution in [0.15, 0.2) is 82.2 Å². The number of rotatable bonds is 6. The molecule has 10 heteroatoms. The van der Waals surface area contributed by atoms with E-state index < -0.39 is 23.0 Å². The normalized spacial score (nSPS) is 14.3. The number of esters is 1. The Morgan fingerprint density at radius 1 is 1.03 bits per heavy atom. The highest BCUT2D eigenvalue weighted by Gasteiger charge is 2.36. The average Bonchev–Trinajstić information content (AvgIpc) is 3.09. The summed E-state index contributed by atoms with van der Waals surface area (Å²) >= 11 is 9.95. The van der Waals surface area contributed by atoms with Gasteiger partial charge in [-0.25, -0.2) is 4.79 Å². The Morgan fingerprint density at radius 3 is 2.43 bits per heavy atom. The fourth-order valence-electron chi connectivity index (χ4n) is 3.09. The van der Waals surface area contributed by atoms with Crippen molar-refractivity contribution >= 4 is 74.1 Å². The predicted octanol–water partition coefficient (Wildman–Crippen LogP) is 6.00. The first-order valence-electron chi connectivity index (χ1n) is 10.2. The molecule has 0 aliphatic carbocycles. The van der Waals surface area contributed by atoms with Crippen molar-refractivity contribution < 1.29 is 23.9 Å². The summed E-state index contributed by atoms with van der Waals surface area (Å²) in [5.41, 5.74) is 1.51. The third-order valence-electron chi connectivity index (χ3n) is 4.77. The molecule has 3 aromatic rings. The number of halogens is 2. The highest BCUT2D eigenvalue weighted by Crippen LogP contribution is 2.34. The number of carbonyl (C=O) groups is 4. The molecule has 7 nitrogen and oxygen atoms in total. The van der Waals surface area contributed by atoms with Crippen LogP contribution in [-0.2, 0) is 9.59 Å². The smallest absolute Gasteiger partial charge is 0.343 e. The number of amides is 3. The molecule has 0 saturated carbocycles. The van der Waals surface area contributed by atoms with Gasteiger partial charge in [0.15, 0.2) is 0 Å². The van der Waals surface area contributed by atoms with Gasteiger partial charge in [-0.2, -0.15) is 0 Å². The van der Waals surface area contributed by atoms with Crippen LogP contribution in [-0.4, -0.2) is 34.5 Å². The first-order valence-corrected chi connectivity index (χ1v) is 12.2. The van der Waals surface area contributed by atoms with Crippen LogP contribution in [0.25, 0.3) is 6.08 Å². The summed E-state index contributed by atoms with van der Waals surface area (Å²) in [6.45, 7) is -0.389. The number of carbonyl (C=O) groups excluding carboxylic acids is 4. The molecule has 1 heterocycles. The van der Waals surface area contributed by atoms with Crippen LogP contribution in [0.3, 0.4) is 0 Å². The fraction of sp³-hybridized carbons (Fsp3) is 0.0400. The summed E-state index contributed by atoms with van der Waals surface area (Å²) in [4.78, 5) is 50.8. The van der Waals surface area contributed by atoms with Crippen LogP contribution in [0.4, 0.5) is 10.5 Å². The lowest BCUT2D eigenvalue weighted by molar-refractivity contribution is -0.127. The summed E-state index contributed by atoms with van der Waals surface area (Å²) in [5, 5.41) is 2.63. The third kappa shape index (κ3) is 6.19. The summed E-state index contributed by atoms with van der Waals surface area (Å²) in [6.07, 6.45) is 1.54. The second-order valence-electron chi connectivity index (χ2n) is 7.27. The lowest BCUT2D eigenvalue weighted by Crippen LogP contribution is -2.36. The topological polar surface area (TPSA) is 92.8 Å². The SMILES string of the molecule is O=C(CN1C(=O)S/C(=C\c2ccc(OC(=O)c3ccc(Cl)cc3)c(Br)c2)C1=O)Nc1ccccc1. The van der Waals surface area contributed by atoms with E-state index in [9.17, 15) is 19.2 Å². The zero-order valence-corrected chi connectivity index (χ0v) is 21.0. The number of hydrogen-bond donors (Lipinski definition) is 1. The van der Waals surface area contributed by atoms with Crippen molar-refractivity contribution in [3.05, 3.63) is 98.3 Å². The molecule has 4 rings (SSSR count). The highest BCUT2D eigenvalue weighted by molar-refractivity contribution is 9.10. The Bertz CT molecular complexity index is 1350. The molecular weight excluding hydrogens is 556 g/mol. The van der Waals surface area contributed by atoms with Crippen molar-refractivity contribution in [3.8, 4) is 5.75 Å². The minimum Gasteiger partial charge on any atom is -0.422 e. The number of ether oxygens (including phenoxy) is 1. The Hall–Kier alpha value is -3.40. The van der Waals surface area contributed by atoms with Crippen LogP contribution in [0.5, 0.6) is 5.75 Å². The zero-order chi connectivity index (χ0) is 24.9. The third-order valence-corrected chi connectivity index (χ3v) is 6.55. The summed E-state index contributed by atoms with van der Waals surface area (Å²) in [5.74, 6) is -1.30. The van der Waals surface area contributed by atoms with Gasteiger partial charge in [-0.3, -0.25) is 19.3 Å². The van der Waals surface area contributed by atoms with Gasteiger partial charge in [-0.15, -0.1) is 0 Å². The second kappa shape index (κ2) is 10.9. The fourth-order valence-corrected chi connectivity index (χ4v) is 4.53. The van der Waals surface area contributed by atoms with Crippen LogP contribution in [0.2, 0.25) is 5.02 Å². The Balaban J connectivity index is 1.42. The van der Waals surface area contributed by atoms with Crippen LogP contribution in [0.1, 0.15) is 15.9 Å². The predicted molar refractivity (Wildman–Crippen MR) is 138 cm³/mol. The molecule has 1 aliphatic rings. The standard InChI is InChI=1S/C25H16BrClN2O5S/c26-19-12-15(6-11-20(19)34-24(32)16-7-9-17(27)10-8-16)13-21-23(31)29(25(33)35-21)14-22(30)28-18-4-2-1-3-5-18/h1-13H,14H2,(H,28,30)/b21-13-. The van der Waals surface area contributed by atoms with Crippen molar-refractivity contribution in [3.63, 3.8) is 0 Å². The molecule has 0 aromatic heterocycles. The Morgan fingerprint density at radius 2 is 1.74 bits per heavy atom. The largest absolute Gasteiger partial charge is 0.422 e. The number of thioether (sulfide) groups is 1. The molecule has 0 atom stereocenters. The number of hydrogen-bond acceptors (Lipinski definition) is 6. The lowest BCUT2D eigenvalue weighted by atomic mass is 10.2. The maximum atomic E-state index is 12.7. The summed E-state index contributed by atoms with van der Waals surface area (Å²) in [6, 6.07) is 19.9. The minimum atomic E-state index is -0.558. The van der Waals surface area contributed by atoms with Crippen molar-refractivity contribution in [1.29, 1.82) is 0 Å². The van der Waals surface area contributed by atoms with Gasteiger partial charge in [0.1, 0.15) is 12.3 Å². The van der Waals surface area contributed by atoms with Gasteiger partial charge in [-0.1, -0.05) is 35.9 Å². The van der Waals surface area contributed by atoms with Gasteiger partial charge in [0.25, 0.3) is 11.1 Å². The Kier molecular flexibility index (Phi) is 7.70. The van der Waals surface area contributed by atoms with Gasteiger partial charge in [0, 0.05) is 10.7 Å². The molecule has 1 N–H and O–H groups in total. The van der Waals surface area contributed by atoms with E-state index in [4.69, 9.17) is 16.3 Å². The molecule has 1 aliphatic heterocycles. The molecule has 35 heavy (non-hydrogen) atoms. The quantitative estimate of drug-likeness (QED) is 0.222. The molecule has 0 bridgehead atoms. The summed E-state index contributed by atoms with van der Waals surface area (Å²) in [7, 11) is 0. The van der Waals surface area contributed by atoms with Gasteiger partial charge in [0.2, 0.25) is 5.91 Å². The van der Waals surface area contributed by atoms with E-state index in [2.05, 4.69) is 21.2 Å². The molecule has 3 aromatic carbocycles. The van der Waals surface area contributed by atoms with E-state index in [0.29, 0.717) is 26.3 Å². The lowest BCUT2D eigenvalue weighted by Gasteiger charge is -2.12. The van der Waals surface area contributed by atoms with Gasteiger partial charge >= 0.3 is 5.97 Å². The number of anilines is 1. The van der Waals surface area contributed by atoms with E-state index in [1.165, 1.54) is 6.08 Å². The van der Waals surface area contributed by atoms with E-state index in [0.717, 1.165) is 16.7 Å². The molecule has 1 fully saturated rings. The van der Waals surface area contributed by atoms with Crippen LogP contribution in [0, 0.1) is 0 Å². The van der Waals surface area contributed by atoms with Crippen LogP contribution >= 0.6 is 39.3 Å². The highest BCUT2D eigenvalue weighted by atomic mass is 79.9. The molecule has 0 unspecified atom stereocenters. The maximum Gasteiger partial charge on any atom is 0.343 e. The molecule has 1 saturated heterocycles. The first-order chi connectivity index (χ1) is 16.8. The second-order valence-corrected chi connectivity index (χ2v) is 9.55.